The van der Waals surface area contributed by atoms with Crippen LogP contribution in [0.3, 0.4) is 0 Å². The molecule has 0 aromatic heterocycles. The van der Waals surface area contributed by atoms with Crippen LogP contribution in [0.2, 0.25) is 0 Å². The number of β-amino-alcohol motifs (C(OH)–C–C–N with tert-alkyl or cyclic N) is 1. The molecule has 2 aromatic carbocycles. The molecule has 4 nitrogen and oxygen atoms in total. The third kappa shape index (κ3) is 4.53. The van der Waals surface area contributed by atoms with Crippen LogP contribution in [0.5, 0.6) is 11.5 Å². The Morgan fingerprint density at radius 1 is 1.08 bits per heavy atom. The van der Waals surface area contributed by atoms with E-state index in [4.69, 9.17) is 9.47 Å². The average molecular weight is 341 g/mol. The van der Waals surface area contributed by atoms with E-state index in [0.29, 0.717) is 6.61 Å². The minimum Gasteiger partial charge on any atom is -0.497 e. The zero-order valence-electron chi connectivity index (χ0n) is 15.3. The third-order valence-corrected chi connectivity index (χ3v) is 4.82. The summed E-state index contributed by atoms with van der Waals surface area (Å²) >= 11 is 0. The van der Waals surface area contributed by atoms with Gasteiger partial charge in [-0.2, -0.15) is 0 Å². The van der Waals surface area contributed by atoms with Crippen LogP contribution < -0.4 is 9.47 Å². The van der Waals surface area contributed by atoms with Crippen molar-refractivity contribution in [3.63, 3.8) is 0 Å². The van der Waals surface area contributed by atoms with Gasteiger partial charge in [0.15, 0.2) is 0 Å². The fourth-order valence-corrected chi connectivity index (χ4v) is 3.16. The fourth-order valence-electron chi connectivity index (χ4n) is 3.16. The lowest BCUT2D eigenvalue weighted by Gasteiger charge is -2.35. The van der Waals surface area contributed by atoms with Gasteiger partial charge < -0.3 is 14.6 Å². The van der Waals surface area contributed by atoms with Crippen LogP contribution >= 0.6 is 0 Å². The van der Waals surface area contributed by atoms with E-state index in [9.17, 15) is 5.11 Å². The van der Waals surface area contributed by atoms with E-state index < -0.39 is 0 Å². The summed E-state index contributed by atoms with van der Waals surface area (Å²) in [6, 6.07) is 12.3. The summed E-state index contributed by atoms with van der Waals surface area (Å²) in [4.78, 5) is 2.29. The first-order valence-corrected chi connectivity index (χ1v) is 8.81. The van der Waals surface area contributed by atoms with Gasteiger partial charge in [-0.25, -0.2) is 0 Å². The number of methoxy groups -OCH3 is 1. The molecule has 0 atom stereocenters. The lowest BCUT2D eigenvalue weighted by Crippen LogP contribution is -2.51. The fraction of sp³-hybridized carbons (Fsp3) is 0.429. The second-order valence-corrected chi connectivity index (χ2v) is 6.84. The number of aryl methyl sites for hydroxylation is 2. The molecule has 1 aliphatic heterocycles. The monoisotopic (exact) mass is 341 g/mol. The molecule has 0 saturated carbocycles. The molecule has 134 valence electrons. The average Bonchev–Trinajstić information content (AvgIpc) is 2.59. The van der Waals surface area contributed by atoms with Crippen LogP contribution in [-0.4, -0.2) is 42.9 Å². The number of benzene rings is 2. The topological polar surface area (TPSA) is 41.9 Å². The van der Waals surface area contributed by atoms with Crippen molar-refractivity contribution in [3.8, 4) is 11.5 Å². The van der Waals surface area contributed by atoms with Gasteiger partial charge in [0.05, 0.1) is 13.2 Å². The summed E-state index contributed by atoms with van der Waals surface area (Å²) in [6.45, 7) is 7.40. The van der Waals surface area contributed by atoms with Crippen LogP contribution in [0, 0.1) is 13.8 Å². The van der Waals surface area contributed by atoms with E-state index in [1.165, 1.54) is 11.1 Å². The van der Waals surface area contributed by atoms with Crippen LogP contribution in [-0.2, 0) is 13.0 Å². The number of rotatable bonds is 7. The summed E-state index contributed by atoms with van der Waals surface area (Å²) in [5.41, 5.74) is 4.91. The summed E-state index contributed by atoms with van der Waals surface area (Å²) < 4.78 is 11.2. The number of nitrogens with zero attached hydrogens (tertiary/aromatic N) is 1. The summed E-state index contributed by atoms with van der Waals surface area (Å²) in [7, 11) is 1.67. The molecular weight excluding hydrogens is 314 g/mol. The molecule has 0 unspecified atom stereocenters. The molecule has 1 aliphatic rings. The zero-order chi connectivity index (χ0) is 17.8. The maximum atomic E-state index is 9.37. The van der Waals surface area contributed by atoms with Gasteiger partial charge in [-0.3, -0.25) is 4.90 Å². The Morgan fingerprint density at radius 3 is 2.44 bits per heavy atom. The molecule has 4 heteroatoms. The normalized spacial score (nSPS) is 15.0. The van der Waals surface area contributed by atoms with Gasteiger partial charge in [-0.05, 0) is 60.7 Å². The van der Waals surface area contributed by atoms with E-state index in [0.717, 1.165) is 48.7 Å². The van der Waals surface area contributed by atoms with Crippen molar-refractivity contribution < 1.29 is 14.6 Å². The SMILES string of the molecule is COc1ccc(COc2cc(C)c(CCN3CC(O)C3)cc2C)cc1. The van der Waals surface area contributed by atoms with Gasteiger partial charge >= 0.3 is 0 Å². The Labute approximate surface area is 150 Å². The predicted octanol–water partition coefficient (Wildman–Crippen LogP) is 3.11. The molecule has 1 N–H and O–H groups in total. The number of hydrogen-bond donors (Lipinski definition) is 1. The molecule has 0 amide bonds. The second kappa shape index (κ2) is 7.89. The number of aliphatic hydroxyl groups is 1. The van der Waals surface area contributed by atoms with Crippen molar-refractivity contribution >= 4 is 0 Å². The number of hydrogen-bond acceptors (Lipinski definition) is 4. The summed E-state index contributed by atoms with van der Waals surface area (Å²) in [5, 5.41) is 9.37. The molecule has 1 fully saturated rings. The Kier molecular flexibility index (Phi) is 5.61. The van der Waals surface area contributed by atoms with Gasteiger partial charge in [0.25, 0.3) is 0 Å². The molecule has 3 rings (SSSR count). The first-order chi connectivity index (χ1) is 12.0. The van der Waals surface area contributed by atoms with E-state index in [1.54, 1.807) is 7.11 Å². The van der Waals surface area contributed by atoms with Crippen molar-refractivity contribution in [3.05, 3.63) is 58.7 Å². The van der Waals surface area contributed by atoms with E-state index in [1.807, 2.05) is 24.3 Å². The highest BCUT2D eigenvalue weighted by Crippen LogP contribution is 2.25. The maximum Gasteiger partial charge on any atom is 0.122 e. The van der Waals surface area contributed by atoms with Crippen molar-refractivity contribution in [2.45, 2.75) is 33.0 Å². The minimum atomic E-state index is -0.128. The van der Waals surface area contributed by atoms with Gasteiger partial charge in [-0.1, -0.05) is 18.2 Å². The Morgan fingerprint density at radius 2 is 1.80 bits per heavy atom. The van der Waals surface area contributed by atoms with Crippen molar-refractivity contribution in [1.29, 1.82) is 0 Å². The molecule has 2 aromatic rings. The molecule has 0 radical (unpaired) electrons. The van der Waals surface area contributed by atoms with Crippen LogP contribution in [0.1, 0.15) is 22.3 Å². The van der Waals surface area contributed by atoms with Gasteiger partial charge in [0.2, 0.25) is 0 Å². The Balaban J connectivity index is 1.58. The summed E-state index contributed by atoms with van der Waals surface area (Å²) in [5.74, 6) is 1.80. The lowest BCUT2D eigenvalue weighted by atomic mass is 10.0. The van der Waals surface area contributed by atoms with Gasteiger partial charge in [-0.15, -0.1) is 0 Å². The highest BCUT2D eigenvalue weighted by Gasteiger charge is 2.23. The Bertz CT molecular complexity index is 706. The lowest BCUT2D eigenvalue weighted by molar-refractivity contribution is 0.00309. The molecule has 1 heterocycles. The second-order valence-electron chi connectivity index (χ2n) is 6.84. The molecule has 1 saturated heterocycles. The predicted molar refractivity (Wildman–Crippen MR) is 99.4 cm³/mol. The first kappa shape index (κ1) is 17.8. The number of likely N-dealkylation sites (tertiary alicyclic amines) is 1. The quantitative estimate of drug-likeness (QED) is 0.840. The number of aliphatic hydroxyl groups excluding tert-OH is 1. The largest absolute Gasteiger partial charge is 0.497 e. The highest BCUT2D eigenvalue weighted by molar-refractivity contribution is 5.42. The van der Waals surface area contributed by atoms with E-state index in [2.05, 4.69) is 30.9 Å². The van der Waals surface area contributed by atoms with Crippen molar-refractivity contribution in [2.24, 2.45) is 0 Å². The van der Waals surface area contributed by atoms with E-state index in [-0.39, 0.29) is 6.10 Å². The minimum absolute atomic E-state index is 0.128. The molecular formula is C21H27NO3. The van der Waals surface area contributed by atoms with Crippen molar-refractivity contribution in [2.75, 3.05) is 26.7 Å². The smallest absolute Gasteiger partial charge is 0.122 e. The van der Waals surface area contributed by atoms with E-state index >= 15 is 0 Å². The zero-order valence-corrected chi connectivity index (χ0v) is 15.3. The maximum absolute atomic E-state index is 9.37. The molecule has 25 heavy (non-hydrogen) atoms. The van der Waals surface area contributed by atoms with Gasteiger partial charge in [0, 0.05) is 19.6 Å². The van der Waals surface area contributed by atoms with Gasteiger partial charge in [0.1, 0.15) is 18.1 Å². The van der Waals surface area contributed by atoms with Crippen LogP contribution in [0.4, 0.5) is 0 Å². The third-order valence-electron chi connectivity index (χ3n) is 4.82. The summed E-state index contributed by atoms with van der Waals surface area (Å²) in [6.07, 6.45) is 0.884. The first-order valence-electron chi connectivity index (χ1n) is 8.81. The number of ether oxygens (including phenoxy) is 2. The van der Waals surface area contributed by atoms with Crippen LogP contribution in [0.15, 0.2) is 36.4 Å². The molecule has 0 spiro atoms. The highest BCUT2D eigenvalue weighted by atomic mass is 16.5. The standard InChI is InChI=1S/C21H27NO3/c1-15-11-21(25-14-17-4-6-20(24-3)7-5-17)16(2)10-18(15)8-9-22-12-19(23)13-22/h4-7,10-11,19,23H,8-9,12-14H2,1-3H3. The molecule has 0 aliphatic carbocycles. The Hall–Kier alpha value is -2.04. The van der Waals surface area contributed by atoms with Crippen molar-refractivity contribution in [1.82, 2.24) is 4.90 Å². The molecule has 0 bridgehead atoms. The van der Waals surface area contributed by atoms with Crippen LogP contribution in [0.25, 0.3) is 0 Å².